The second kappa shape index (κ2) is 5.89. The van der Waals surface area contributed by atoms with Crippen LogP contribution in [0.2, 0.25) is 0 Å². The number of halogens is 3. The van der Waals surface area contributed by atoms with Gasteiger partial charge in [0, 0.05) is 21.3 Å². The standard InChI is InChI=1S/C9H15Cl3O3/c1-13-7-5(11)4(10)6(12)8(14-2)9(7)15-3/h4-9H,1-3H3. The fourth-order valence-corrected chi connectivity index (χ4v) is 3.05. The molecule has 4 atom stereocenters. The minimum absolute atomic E-state index is 0.306. The molecule has 0 spiro atoms. The van der Waals surface area contributed by atoms with Gasteiger partial charge < -0.3 is 14.2 Å². The van der Waals surface area contributed by atoms with E-state index in [9.17, 15) is 0 Å². The Labute approximate surface area is 105 Å². The first-order chi connectivity index (χ1) is 7.08. The number of ether oxygens (including phenoxy) is 3. The predicted octanol–water partition coefficient (Wildman–Crippen LogP) is 1.87. The molecule has 1 rings (SSSR count). The zero-order valence-electron chi connectivity index (χ0n) is 8.82. The summed E-state index contributed by atoms with van der Waals surface area (Å²) >= 11 is 18.4. The zero-order valence-corrected chi connectivity index (χ0v) is 11.1. The molecular weight excluding hydrogens is 262 g/mol. The van der Waals surface area contributed by atoms with Crippen molar-refractivity contribution in [2.45, 2.75) is 34.4 Å². The molecule has 0 N–H and O–H groups in total. The molecule has 0 bridgehead atoms. The Balaban J connectivity index is 2.89. The van der Waals surface area contributed by atoms with Crippen molar-refractivity contribution < 1.29 is 14.2 Å². The van der Waals surface area contributed by atoms with E-state index in [1.165, 1.54) is 0 Å². The summed E-state index contributed by atoms with van der Waals surface area (Å²) in [5.41, 5.74) is 0. The van der Waals surface area contributed by atoms with E-state index in [0.29, 0.717) is 0 Å². The molecule has 3 nitrogen and oxygen atoms in total. The summed E-state index contributed by atoms with van der Waals surface area (Å²) in [6.45, 7) is 0. The Hall–Kier alpha value is 0.750. The molecule has 1 fully saturated rings. The van der Waals surface area contributed by atoms with Crippen LogP contribution in [0, 0.1) is 0 Å². The molecule has 1 saturated carbocycles. The van der Waals surface area contributed by atoms with Gasteiger partial charge in [-0.3, -0.25) is 0 Å². The number of rotatable bonds is 3. The molecule has 0 heterocycles. The lowest BCUT2D eigenvalue weighted by molar-refractivity contribution is -0.123. The Morgan fingerprint density at radius 1 is 0.600 bits per heavy atom. The molecular formula is C9H15Cl3O3. The molecule has 0 aromatic carbocycles. The first kappa shape index (κ1) is 13.8. The summed E-state index contributed by atoms with van der Waals surface area (Å²) in [5, 5.41) is -1.19. The van der Waals surface area contributed by atoms with E-state index in [1.54, 1.807) is 21.3 Å². The van der Waals surface area contributed by atoms with E-state index in [0.717, 1.165) is 0 Å². The fourth-order valence-electron chi connectivity index (χ4n) is 1.88. The zero-order chi connectivity index (χ0) is 11.6. The third-order valence-electron chi connectivity index (χ3n) is 2.70. The highest BCUT2D eigenvalue weighted by atomic mass is 35.5. The van der Waals surface area contributed by atoms with Gasteiger partial charge in [-0.25, -0.2) is 0 Å². The highest BCUT2D eigenvalue weighted by Crippen LogP contribution is 2.36. The van der Waals surface area contributed by atoms with Crippen LogP contribution in [0.15, 0.2) is 0 Å². The monoisotopic (exact) mass is 276 g/mol. The second-order valence-corrected chi connectivity index (χ2v) is 4.95. The van der Waals surface area contributed by atoms with Gasteiger partial charge >= 0.3 is 0 Å². The van der Waals surface area contributed by atoms with Crippen LogP contribution in [0.5, 0.6) is 0 Å². The largest absolute Gasteiger partial charge is 0.377 e. The van der Waals surface area contributed by atoms with Gasteiger partial charge in [-0.05, 0) is 0 Å². The first-order valence-corrected chi connectivity index (χ1v) is 5.90. The summed E-state index contributed by atoms with van der Waals surface area (Å²) in [6, 6.07) is 0. The van der Waals surface area contributed by atoms with Crippen molar-refractivity contribution in [3.05, 3.63) is 0 Å². The quantitative estimate of drug-likeness (QED) is 0.737. The summed E-state index contributed by atoms with van der Waals surface area (Å²) in [4.78, 5) is 0. The van der Waals surface area contributed by atoms with E-state index >= 15 is 0 Å². The summed E-state index contributed by atoms with van der Waals surface area (Å²) in [7, 11) is 4.71. The van der Waals surface area contributed by atoms with Crippen molar-refractivity contribution in [1.82, 2.24) is 0 Å². The van der Waals surface area contributed by atoms with E-state index in [1.807, 2.05) is 0 Å². The van der Waals surface area contributed by atoms with Crippen LogP contribution in [-0.4, -0.2) is 55.8 Å². The van der Waals surface area contributed by atoms with Crippen molar-refractivity contribution in [2.24, 2.45) is 0 Å². The van der Waals surface area contributed by atoms with E-state index < -0.39 is 16.1 Å². The molecule has 0 radical (unpaired) electrons. The van der Waals surface area contributed by atoms with Crippen molar-refractivity contribution in [3.63, 3.8) is 0 Å². The summed E-state index contributed by atoms with van der Waals surface area (Å²) < 4.78 is 15.9. The predicted molar refractivity (Wildman–Crippen MR) is 61.3 cm³/mol. The molecule has 0 aromatic rings. The van der Waals surface area contributed by atoms with Crippen LogP contribution in [0.1, 0.15) is 0 Å². The van der Waals surface area contributed by atoms with Crippen LogP contribution in [-0.2, 0) is 14.2 Å². The van der Waals surface area contributed by atoms with Crippen LogP contribution in [0.4, 0.5) is 0 Å². The SMILES string of the molecule is COC1C(Cl)C(Cl)C(Cl)C(OC)C1OC. The molecule has 1 aliphatic rings. The Kier molecular flexibility index (Phi) is 5.43. The highest BCUT2D eigenvalue weighted by molar-refractivity contribution is 6.35. The average Bonchev–Trinajstić information content (AvgIpc) is 2.25. The molecule has 0 saturated heterocycles. The number of hydrogen-bond donors (Lipinski definition) is 0. The molecule has 0 amide bonds. The Morgan fingerprint density at radius 2 is 0.933 bits per heavy atom. The Bertz CT molecular complexity index is 187. The van der Waals surface area contributed by atoms with Crippen molar-refractivity contribution >= 4 is 34.8 Å². The number of alkyl halides is 3. The highest BCUT2D eigenvalue weighted by Gasteiger charge is 2.50. The number of methoxy groups -OCH3 is 3. The third-order valence-corrected chi connectivity index (χ3v) is 4.54. The van der Waals surface area contributed by atoms with Gasteiger partial charge in [-0.2, -0.15) is 0 Å². The minimum Gasteiger partial charge on any atom is -0.377 e. The maximum Gasteiger partial charge on any atom is 0.112 e. The lowest BCUT2D eigenvalue weighted by atomic mass is 9.90. The maximum absolute atomic E-state index is 6.15. The average molecular weight is 278 g/mol. The van der Waals surface area contributed by atoms with Gasteiger partial charge in [0.1, 0.15) is 18.3 Å². The van der Waals surface area contributed by atoms with E-state index in [2.05, 4.69) is 0 Å². The van der Waals surface area contributed by atoms with Gasteiger partial charge in [0.2, 0.25) is 0 Å². The fraction of sp³-hybridized carbons (Fsp3) is 1.00. The summed E-state index contributed by atoms with van der Waals surface area (Å²) in [6.07, 6.45) is -0.946. The third kappa shape index (κ3) is 2.54. The normalized spacial score (nSPS) is 46.8. The molecule has 90 valence electrons. The van der Waals surface area contributed by atoms with Crippen LogP contribution >= 0.6 is 34.8 Å². The van der Waals surface area contributed by atoms with Gasteiger partial charge in [-0.15, -0.1) is 34.8 Å². The molecule has 0 aliphatic heterocycles. The van der Waals surface area contributed by atoms with Gasteiger partial charge in [-0.1, -0.05) is 0 Å². The molecule has 1 aliphatic carbocycles. The summed E-state index contributed by atoms with van der Waals surface area (Å²) in [5.74, 6) is 0. The molecule has 6 heteroatoms. The van der Waals surface area contributed by atoms with Gasteiger partial charge in [0.25, 0.3) is 0 Å². The number of hydrogen-bond acceptors (Lipinski definition) is 3. The Morgan fingerprint density at radius 3 is 1.20 bits per heavy atom. The molecule has 0 aromatic heterocycles. The lowest BCUT2D eigenvalue weighted by Gasteiger charge is -2.43. The van der Waals surface area contributed by atoms with Crippen LogP contribution in [0.25, 0.3) is 0 Å². The van der Waals surface area contributed by atoms with Gasteiger partial charge in [0.15, 0.2) is 0 Å². The molecule has 4 unspecified atom stereocenters. The van der Waals surface area contributed by atoms with Gasteiger partial charge in [0.05, 0.1) is 16.1 Å². The minimum atomic E-state index is -0.408. The van der Waals surface area contributed by atoms with Crippen LogP contribution in [0.3, 0.4) is 0 Å². The van der Waals surface area contributed by atoms with Crippen molar-refractivity contribution in [3.8, 4) is 0 Å². The van der Waals surface area contributed by atoms with Crippen LogP contribution < -0.4 is 0 Å². The molecule has 15 heavy (non-hydrogen) atoms. The van der Waals surface area contributed by atoms with Crippen molar-refractivity contribution in [1.29, 1.82) is 0 Å². The maximum atomic E-state index is 6.15. The van der Waals surface area contributed by atoms with E-state index in [4.69, 9.17) is 49.0 Å². The smallest absolute Gasteiger partial charge is 0.112 e. The first-order valence-electron chi connectivity index (χ1n) is 4.59. The van der Waals surface area contributed by atoms with Crippen molar-refractivity contribution in [2.75, 3.05) is 21.3 Å². The second-order valence-electron chi connectivity index (χ2n) is 3.43. The van der Waals surface area contributed by atoms with E-state index in [-0.39, 0.29) is 18.3 Å². The lowest BCUT2D eigenvalue weighted by Crippen LogP contribution is -2.60. The topological polar surface area (TPSA) is 27.7 Å².